The van der Waals surface area contributed by atoms with Gasteiger partial charge in [0.15, 0.2) is 0 Å². The van der Waals surface area contributed by atoms with Crippen molar-refractivity contribution in [1.82, 2.24) is 18.3 Å². The summed E-state index contributed by atoms with van der Waals surface area (Å²) in [6.07, 6.45) is 0. The van der Waals surface area contributed by atoms with Gasteiger partial charge in [-0.15, -0.1) is 0 Å². The Morgan fingerprint density at radius 2 is 0.769 bits per heavy atom. The normalized spacial score (nSPS) is 13.1. The molecule has 0 atom stereocenters. The molecule has 0 saturated carbocycles. The summed E-state index contributed by atoms with van der Waals surface area (Å²) in [6, 6.07) is 58.5. The molecule has 5 heteroatoms. The number of rotatable bonds is 2. The second-order valence-corrected chi connectivity index (χ2v) is 14.6. The highest BCUT2D eigenvalue weighted by molar-refractivity contribution is 7.00. The molecule has 7 aromatic carbocycles. The van der Waals surface area contributed by atoms with E-state index in [1.54, 1.807) is 0 Å². The van der Waals surface area contributed by atoms with Crippen LogP contribution in [-0.2, 0) is 0 Å². The summed E-state index contributed by atoms with van der Waals surface area (Å²) >= 11 is 0. The zero-order valence-corrected chi connectivity index (χ0v) is 28.4. The first-order chi connectivity index (χ1) is 25.8. The minimum atomic E-state index is 0.101. The molecular formula is C47H29BN4. The molecule has 2 aliphatic heterocycles. The van der Waals surface area contributed by atoms with E-state index < -0.39 is 0 Å². The van der Waals surface area contributed by atoms with Crippen molar-refractivity contribution in [3.05, 3.63) is 163 Å². The molecule has 6 heterocycles. The largest absolute Gasteiger partial charge is 0.308 e. The third kappa shape index (κ3) is 3.05. The van der Waals surface area contributed by atoms with Crippen LogP contribution in [-0.4, -0.2) is 25.0 Å². The Morgan fingerprint density at radius 1 is 0.365 bits per heavy atom. The summed E-state index contributed by atoms with van der Waals surface area (Å²) < 4.78 is 10.2. The van der Waals surface area contributed by atoms with E-state index in [0.29, 0.717) is 0 Å². The van der Waals surface area contributed by atoms with Crippen molar-refractivity contribution in [1.29, 1.82) is 0 Å². The fourth-order valence-electron chi connectivity index (χ4n) is 10.2. The van der Waals surface area contributed by atoms with Gasteiger partial charge in [-0.2, -0.15) is 0 Å². The van der Waals surface area contributed by atoms with Gasteiger partial charge in [0, 0.05) is 44.3 Å². The monoisotopic (exact) mass is 660 g/mol. The van der Waals surface area contributed by atoms with Gasteiger partial charge in [0.2, 0.25) is 0 Å². The molecule has 0 saturated heterocycles. The predicted octanol–water partition coefficient (Wildman–Crippen LogP) is 9.22. The summed E-state index contributed by atoms with van der Waals surface area (Å²) in [6.45, 7) is 2.37. The van der Waals surface area contributed by atoms with Crippen LogP contribution < -0.4 is 16.4 Å². The van der Waals surface area contributed by atoms with E-state index in [1.807, 2.05) is 0 Å². The van der Waals surface area contributed by atoms with E-state index in [1.165, 1.54) is 110 Å². The number of nitrogens with zero attached hydrogens (tertiary/aromatic N) is 4. The summed E-state index contributed by atoms with van der Waals surface area (Å²) in [5.74, 6) is 0. The molecule has 0 fully saturated rings. The average Bonchev–Trinajstić information content (AvgIpc) is 3.92. The molecule has 13 rings (SSSR count). The van der Waals surface area contributed by atoms with Crippen molar-refractivity contribution in [2.24, 2.45) is 0 Å². The molecule has 0 aliphatic carbocycles. The van der Waals surface area contributed by atoms with Crippen LogP contribution in [0.25, 0.3) is 88.4 Å². The van der Waals surface area contributed by atoms with Gasteiger partial charge in [-0.05, 0) is 77.4 Å². The Kier molecular flexibility index (Phi) is 4.86. The van der Waals surface area contributed by atoms with Gasteiger partial charge in [0.05, 0.1) is 44.1 Å². The van der Waals surface area contributed by atoms with E-state index >= 15 is 0 Å². The summed E-state index contributed by atoms with van der Waals surface area (Å²) in [5.41, 5.74) is 20.5. The smallest absolute Gasteiger partial charge is 0.252 e. The summed E-state index contributed by atoms with van der Waals surface area (Å²) in [4.78, 5) is 0. The highest BCUT2D eigenvalue weighted by Gasteiger charge is 2.42. The minimum Gasteiger partial charge on any atom is -0.308 e. The van der Waals surface area contributed by atoms with Gasteiger partial charge in [-0.3, -0.25) is 0 Å². The van der Waals surface area contributed by atoms with Crippen LogP contribution in [0.1, 0.15) is 5.56 Å². The summed E-state index contributed by atoms with van der Waals surface area (Å²) in [5, 5.41) is 5.12. The molecule has 52 heavy (non-hydrogen) atoms. The molecule has 0 amide bonds. The molecule has 240 valence electrons. The van der Waals surface area contributed by atoms with Crippen LogP contribution in [0, 0.1) is 6.92 Å². The maximum Gasteiger partial charge on any atom is 0.252 e. The summed E-state index contributed by atoms with van der Waals surface area (Å²) in [7, 11) is 0. The van der Waals surface area contributed by atoms with Crippen LogP contribution in [0.15, 0.2) is 158 Å². The quantitative estimate of drug-likeness (QED) is 0.165. The predicted molar refractivity (Wildman–Crippen MR) is 218 cm³/mol. The second-order valence-electron chi connectivity index (χ2n) is 14.6. The van der Waals surface area contributed by atoms with Crippen molar-refractivity contribution in [2.45, 2.75) is 6.92 Å². The fourth-order valence-corrected chi connectivity index (χ4v) is 10.2. The van der Waals surface area contributed by atoms with Crippen molar-refractivity contribution in [3.63, 3.8) is 0 Å². The maximum atomic E-state index is 2.61. The molecule has 0 bridgehead atoms. The zero-order valence-electron chi connectivity index (χ0n) is 28.4. The van der Waals surface area contributed by atoms with E-state index in [0.717, 1.165) is 0 Å². The first-order valence-electron chi connectivity index (χ1n) is 18.2. The van der Waals surface area contributed by atoms with Crippen LogP contribution in [0.4, 0.5) is 0 Å². The first kappa shape index (κ1) is 27.1. The molecule has 2 aliphatic rings. The van der Waals surface area contributed by atoms with Crippen LogP contribution in [0.3, 0.4) is 0 Å². The van der Waals surface area contributed by atoms with E-state index in [9.17, 15) is 0 Å². The lowest BCUT2D eigenvalue weighted by Gasteiger charge is -2.34. The Labute approximate surface area is 299 Å². The van der Waals surface area contributed by atoms with E-state index in [2.05, 4.69) is 183 Å². The molecule has 0 spiro atoms. The van der Waals surface area contributed by atoms with Crippen LogP contribution in [0.2, 0.25) is 0 Å². The topological polar surface area (TPSA) is 19.7 Å². The Morgan fingerprint density at radius 3 is 1.25 bits per heavy atom. The highest BCUT2D eigenvalue weighted by Crippen LogP contribution is 2.45. The van der Waals surface area contributed by atoms with Crippen molar-refractivity contribution >= 4 is 88.8 Å². The standard InChI is InChI=1S/C47H29BN4/c1-28-26-39-41-40(27-28)52-43-34(47-45(52)32-19-9-11-25-38(32)50(47)30-16-6-3-7-17-30)21-13-23-36(43)48(41)35-22-12-20-33-42(35)51(39)44-31-18-8-10-24-37(31)49(46(33)44)29-14-4-2-5-15-29/h2-27H,1H3. The van der Waals surface area contributed by atoms with Crippen molar-refractivity contribution < 1.29 is 0 Å². The van der Waals surface area contributed by atoms with Gasteiger partial charge in [-0.1, -0.05) is 109 Å². The highest BCUT2D eigenvalue weighted by atomic mass is 15.1. The fraction of sp³-hybridized carbons (Fsp3) is 0.0213. The van der Waals surface area contributed by atoms with Crippen molar-refractivity contribution in [2.75, 3.05) is 0 Å². The van der Waals surface area contributed by atoms with Crippen LogP contribution >= 0.6 is 0 Å². The SMILES string of the molecule is Cc1cc2c3c(c1)-n1c4c(cccc4c4c1c1ccccc1n4-c1ccccc1)B3c1cccc3c1n-2c1c2ccccc2n(-c2ccccc2)c31. The number of fused-ring (bicyclic) bond motifs is 14. The molecular weight excluding hydrogens is 631 g/mol. The van der Waals surface area contributed by atoms with E-state index in [4.69, 9.17) is 0 Å². The molecule has 0 N–H and O–H groups in total. The van der Waals surface area contributed by atoms with Gasteiger partial charge >= 0.3 is 0 Å². The number of para-hydroxylation sites is 6. The molecule has 11 aromatic rings. The Balaban J connectivity index is 1.25. The molecule has 0 radical (unpaired) electrons. The third-order valence-electron chi connectivity index (χ3n) is 11.9. The molecule has 4 nitrogen and oxygen atoms in total. The minimum absolute atomic E-state index is 0.101. The van der Waals surface area contributed by atoms with Crippen molar-refractivity contribution in [3.8, 4) is 22.7 Å². The Bertz CT molecular complexity index is 3140. The lowest BCUT2D eigenvalue weighted by atomic mass is 9.34. The number of hydrogen-bond donors (Lipinski definition) is 0. The average molecular weight is 661 g/mol. The van der Waals surface area contributed by atoms with Gasteiger partial charge in [0.1, 0.15) is 0 Å². The van der Waals surface area contributed by atoms with Gasteiger partial charge in [0.25, 0.3) is 6.71 Å². The number of hydrogen-bond acceptors (Lipinski definition) is 0. The molecule has 4 aromatic heterocycles. The lowest BCUT2D eigenvalue weighted by molar-refractivity contribution is 1.13. The maximum absolute atomic E-state index is 2.61. The number of aryl methyl sites for hydroxylation is 1. The number of benzene rings is 7. The van der Waals surface area contributed by atoms with Crippen LogP contribution in [0.5, 0.6) is 0 Å². The molecule has 0 unspecified atom stereocenters. The van der Waals surface area contributed by atoms with Gasteiger partial charge in [-0.25, -0.2) is 0 Å². The zero-order chi connectivity index (χ0) is 33.8. The number of aromatic nitrogens is 4. The second kappa shape index (κ2) is 9.33. The lowest BCUT2D eigenvalue weighted by Crippen LogP contribution is -2.59. The third-order valence-corrected chi connectivity index (χ3v) is 11.9. The van der Waals surface area contributed by atoms with Gasteiger partial charge < -0.3 is 18.3 Å². The Hall–Kier alpha value is -6.72. The van der Waals surface area contributed by atoms with E-state index in [-0.39, 0.29) is 6.71 Å². The first-order valence-corrected chi connectivity index (χ1v) is 18.2.